The largest absolute Gasteiger partial charge is 0.357 e. The molecule has 1 aromatic heterocycles. The second-order valence-corrected chi connectivity index (χ2v) is 5.08. The average Bonchev–Trinajstić information content (AvgIpc) is 2.47. The van der Waals surface area contributed by atoms with E-state index in [1.54, 1.807) is 18.2 Å². The zero-order chi connectivity index (χ0) is 15.6. The molecule has 8 heteroatoms. The molecule has 1 heterocycles. The summed E-state index contributed by atoms with van der Waals surface area (Å²) in [6.45, 7) is 4.20. The van der Waals surface area contributed by atoms with Gasteiger partial charge in [0.25, 0.3) is 0 Å². The van der Waals surface area contributed by atoms with Gasteiger partial charge in [-0.25, -0.2) is 15.2 Å². The number of rotatable bonds is 4. The molecular formula is C13H15Cl2N5O. The molecule has 1 aromatic carbocycles. The Morgan fingerprint density at radius 3 is 2.38 bits per heavy atom. The van der Waals surface area contributed by atoms with E-state index >= 15 is 0 Å². The summed E-state index contributed by atoms with van der Waals surface area (Å²) in [5.41, 5.74) is -0.134. The second-order valence-electron chi connectivity index (χ2n) is 4.27. The fourth-order valence-electron chi connectivity index (χ4n) is 1.87. The van der Waals surface area contributed by atoms with Gasteiger partial charge in [-0.3, -0.25) is 5.01 Å². The van der Waals surface area contributed by atoms with Crippen LogP contribution in [0.3, 0.4) is 0 Å². The molecule has 0 saturated carbocycles. The third-order valence-electron chi connectivity index (χ3n) is 2.95. The Kier molecular flexibility index (Phi) is 4.82. The minimum atomic E-state index is -0.518. The van der Waals surface area contributed by atoms with Crippen molar-refractivity contribution in [3.05, 3.63) is 44.6 Å². The van der Waals surface area contributed by atoms with Gasteiger partial charge in [-0.2, -0.15) is 9.97 Å². The first kappa shape index (κ1) is 15.8. The van der Waals surface area contributed by atoms with E-state index in [9.17, 15) is 4.79 Å². The number of hydrogen-bond acceptors (Lipinski definition) is 5. The molecule has 0 aliphatic heterocycles. The Balaban J connectivity index is 2.73. The standard InChI is InChI=1S/C13H15Cl2N5O/c1-3-10-17-12(19(16)4-2)18-13(21)20(10)11-8(14)6-5-7-9(11)15/h5-7H,3-4,16H2,1-2H3. The van der Waals surface area contributed by atoms with E-state index in [1.807, 2.05) is 13.8 Å². The number of hydrogen-bond donors (Lipinski definition) is 1. The van der Waals surface area contributed by atoms with Crippen molar-refractivity contribution in [3.8, 4) is 5.69 Å². The fourth-order valence-corrected chi connectivity index (χ4v) is 2.44. The van der Waals surface area contributed by atoms with Gasteiger partial charge in [0, 0.05) is 13.0 Å². The first-order valence-electron chi connectivity index (χ1n) is 6.46. The maximum atomic E-state index is 12.4. The number of benzene rings is 1. The number of nitrogens with two attached hydrogens (primary N) is 1. The van der Waals surface area contributed by atoms with E-state index in [0.717, 1.165) is 0 Å². The van der Waals surface area contributed by atoms with Crippen LogP contribution < -0.4 is 16.5 Å². The minimum absolute atomic E-state index is 0.179. The van der Waals surface area contributed by atoms with Crippen molar-refractivity contribution in [1.82, 2.24) is 14.5 Å². The Hall–Kier alpha value is -1.63. The number of halogens is 2. The van der Waals surface area contributed by atoms with Crippen LogP contribution in [-0.4, -0.2) is 21.1 Å². The first-order chi connectivity index (χ1) is 9.99. The van der Waals surface area contributed by atoms with Crippen molar-refractivity contribution in [2.45, 2.75) is 20.3 Å². The molecule has 0 saturated heterocycles. The second kappa shape index (κ2) is 6.43. The average molecular weight is 328 g/mol. The van der Waals surface area contributed by atoms with Crippen LogP contribution in [0, 0.1) is 0 Å². The highest BCUT2D eigenvalue weighted by molar-refractivity contribution is 6.37. The van der Waals surface area contributed by atoms with E-state index < -0.39 is 5.69 Å². The molecule has 0 aliphatic rings. The van der Waals surface area contributed by atoms with Gasteiger partial charge in [-0.15, -0.1) is 0 Å². The summed E-state index contributed by atoms with van der Waals surface area (Å²) in [6.07, 6.45) is 0.504. The summed E-state index contributed by atoms with van der Waals surface area (Å²) in [5, 5.41) is 2.02. The number of anilines is 1. The third-order valence-corrected chi connectivity index (χ3v) is 3.56. The number of para-hydroxylation sites is 1. The maximum absolute atomic E-state index is 12.4. The lowest BCUT2D eigenvalue weighted by molar-refractivity contribution is 0.733. The van der Waals surface area contributed by atoms with Gasteiger partial charge in [0.2, 0.25) is 5.95 Å². The zero-order valence-electron chi connectivity index (χ0n) is 11.7. The Morgan fingerprint density at radius 2 is 1.86 bits per heavy atom. The summed E-state index contributed by atoms with van der Waals surface area (Å²) in [6, 6.07) is 5.02. The van der Waals surface area contributed by atoms with Gasteiger partial charge in [0.15, 0.2) is 0 Å². The van der Waals surface area contributed by atoms with Gasteiger partial charge >= 0.3 is 5.69 Å². The summed E-state index contributed by atoms with van der Waals surface area (Å²) in [4.78, 5) is 20.6. The van der Waals surface area contributed by atoms with E-state index in [2.05, 4.69) is 9.97 Å². The lowest BCUT2D eigenvalue weighted by Crippen LogP contribution is -2.37. The topological polar surface area (TPSA) is 77.0 Å². The summed E-state index contributed by atoms with van der Waals surface area (Å²) < 4.78 is 1.32. The van der Waals surface area contributed by atoms with Crippen LogP contribution in [0.2, 0.25) is 10.0 Å². The first-order valence-corrected chi connectivity index (χ1v) is 7.21. The van der Waals surface area contributed by atoms with Crippen molar-refractivity contribution in [3.63, 3.8) is 0 Å². The van der Waals surface area contributed by atoms with Gasteiger partial charge < -0.3 is 0 Å². The molecule has 2 aromatic rings. The van der Waals surface area contributed by atoms with Gasteiger partial charge in [0.05, 0.1) is 15.7 Å². The van der Waals surface area contributed by atoms with Crippen molar-refractivity contribution in [1.29, 1.82) is 0 Å². The van der Waals surface area contributed by atoms with Gasteiger partial charge in [0.1, 0.15) is 5.82 Å². The number of aromatic nitrogens is 3. The van der Waals surface area contributed by atoms with Crippen molar-refractivity contribution in [2.24, 2.45) is 5.84 Å². The number of nitrogens with zero attached hydrogens (tertiary/aromatic N) is 4. The number of hydrazine groups is 1. The summed E-state index contributed by atoms with van der Waals surface area (Å²) in [7, 11) is 0. The molecule has 0 spiro atoms. The third kappa shape index (κ3) is 3.02. The number of aryl methyl sites for hydroxylation is 1. The van der Waals surface area contributed by atoms with Crippen molar-refractivity contribution >= 4 is 29.2 Å². The molecular weight excluding hydrogens is 313 g/mol. The van der Waals surface area contributed by atoms with Crippen LogP contribution in [0.5, 0.6) is 0 Å². The van der Waals surface area contributed by atoms with Crippen LogP contribution in [-0.2, 0) is 6.42 Å². The molecule has 0 atom stereocenters. The molecule has 0 fully saturated rings. The van der Waals surface area contributed by atoms with Crippen LogP contribution in [0.4, 0.5) is 5.95 Å². The highest BCUT2D eigenvalue weighted by atomic mass is 35.5. The maximum Gasteiger partial charge on any atom is 0.357 e. The Morgan fingerprint density at radius 1 is 1.24 bits per heavy atom. The highest BCUT2D eigenvalue weighted by Gasteiger charge is 2.17. The smallest absolute Gasteiger partial charge is 0.279 e. The summed E-state index contributed by atoms with van der Waals surface area (Å²) >= 11 is 12.3. The van der Waals surface area contributed by atoms with E-state index in [-0.39, 0.29) is 5.95 Å². The predicted molar refractivity (Wildman–Crippen MR) is 84.2 cm³/mol. The molecule has 0 unspecified atom stereocenters. The molecule has 6 nitrogen and oxygen atoms in total. The van der Waals surface area contributed by atoms with E-state index in [0.29, 0.717) is 34.5 Å². The lowest BCUT2D eigenvalue weighted by atomic mass is 10.3. The molecule has 112 valence electrons. The molecule has 21 heavy (non-hydrogen) atoms. The van der Waals surface area contributed by atoms with Crippen LogP contribution in [0.15, 0.2) is 23.0 Å². The van der Waals surface area contributed by atoms with E-state index in [4.69, 9.17) is 29.0 Å². The highest BCUT2D eigenvalue weighted by Crippen LogP contribution is 2.28. The minimum Gasteiger partial charge on any atom is -0.279 e. The molecule has 0 amide bonds. The SMILES string of the molecule is CCc1nc(N(N)CC)nc(=O)n1-c1c(Cl)cccc1Cl. The molecule has 0 radical (unpaired) electrons. The quantitative estimate of drug-likeness (QED) is 0.688. The molecule has 0 aliphatic carbocycles. The van der Waals surface area contributed by atoms with E-state index in [1.165, 1.54) is 9.58 Å². The van der Waals surface area contributed by atoms with Crippen LogP contribution in [0.1, 0.15) is 19.7 Å². The monoisotopic (exact) mass is 327 g/mol. The van der Waals surface area contributed by atoms with Crippen molar-refractivity contribution in [2.75, 3.05) is 11.6 Å². The Bertz CT molecular complexity index is 696. The zero-order valence-corrected chi connectivity index (χ0v) is 13.2. The van der Waals surface area contributed by atoms with Crippen LogP contribution >= 0.6 is 23.2 Å². The fraction of sp³-hybridized carbons (Fsp3) is 0.308. The molecule has 2 rings (SSSR count). The van der Waals surface area contributed by atoms with Gasteiger partial charge in [-0.05, 0) is 19.1 Å². The molecule has 2 N–H and O–H groups in total. The lowest BCUT2D eigenvalue weighted by Gasteiger charge is -2.17. The predicted octanol–water partition coefficient (Wildman–Crippen LogP) is 2.20. The van der Waals surface area contributed by atoms with Crippen LogP contribution in [0.25, 0.3) is 5.69 Å². The summed E-state index contributed by atoms with van der Waals surface area (Å²) in [5.74, 6) is 6.41. The van der Waals surface area contributed by atoms with Gasteiger partial charge in [-0.1, -0.05) is 36.2 Å². The Labute approximate surface area is 132 Å². The normalized spacial score (nSPS) is 10.7. The molecule has 0 bridgehead atoms. The van der Waals surface area contributed by atoms with Crippen molar-refractivity contribution < 1.29 is 0 Å².